The molecule has 0 atom stereocenters. The van der Waals surface area contributed by atoms with Gasteiger partial charge in [-0.2, -0.15) is 0 Å². The summed E-state index contributed by atoms with van der Waals surface area (Å²) in [6.07, 6.45) is 0. The summed E-state index contributed by atoms with van der Waals surface area (Å²) in [6, 6.07) is 5.87. The van der Waals surface area contributed by atoms with Crippen LogP contribution >= 0.6 is 0 Å². The van der Waals surface area contributed by atoms with Gasteiger partial charge in [0.05, 0.1) is 4.92 Å². The Morgan fingerprint density at radius 2 is 1.86 bits per heavy atom. The summed E-state index contributed by atoms with van der Waals surface area (Å²) in [5.41, 5.74) is 5.73. The molecule has 1 rings (SSSR count). The lowest BCUT2D eigenvalue weighted by Gasteiger charge is -1.90. The van der Waals surface area contributed by atoms with Gasteiger partial charge in [-0.05, 0) is 6.07 Å². The fraction of sp³-hybridized carbons (Fsp3) is 0.222. The molecule has 0 aliphatic heterocycles. The Balaban J connectivity index is 0. The van der Waals surface area contributed by atoms with Crippen LogP contribution in [0.15, 0.2) is 24.3 Å². The first-order valence-electron chi connectivity index (χ1n) is 3.99. The van der Waals surface area contributed by atoms with Gasteiger partial charge in [0.2, 0.25) is 0 Å². The summed E-state index contributed by atoms with van der Waals surface area (Å²) in [6.45, 7) is 6.00. The number of nitro groups is 1. The van der Waals surface area contributed by atoms with E-state index in [4.69, 9.17) is 10.5 Å². The third-order valence-corrected chi connectivity index (χ3v) is 1.08. The van der Waals surface area contributed by atoms with Gasteiger partial charge in [-0.25, -0.2) is 0 Å². The van der Waals surface area contributed by atoms with Gasteiger partial charge in [0.25, 0.3) is 5.69 Å². The van der Waals surface area contributed by atoms with Crippen LogP contribution in [0, 0.1) is 10.1 Å². The second-order valence-corrected chi connectivity index (χ2v) is 1.85. The normalized spacial score (nSPS) is 7.29. The van der Waals surface area contributed by atoms with Crippen molar-refractivity contribution in [3.8, 4) is 0 Å². The predicted octanol–water partition coefficient (Wildman–Crippen LogP) is 2.02. The maximum absolute atomic E-state index is 10.1. The van der Waals surface area contributed by atoms with E-state index in [2.05, 4.69) is 0 Å². The highest BCUT2D eigenvalue weighted by atomic mass is 16.6. The van der Waals surface area contributed by atoms with Crippen LogP contribution in [-0.2, 0) is 4.79 Å². The van der Waals surface area contributed by atoms with Gasteiger partial charge in [-0.3, -0.25) is 10.1 Å². The molecule has 2 N–H and O–H groups in total. The Labute approximate surface area is 82.7 Å². The number of non-ortho nitro benzene ring substituents is 1. The van der Waals surface area contributed by atoms with Gasteiger partial charge >= 0.3 is 0 Å². The van der Waals surface area contributed by atoms with Crippen molar-refractivity contribution in [3.63, 3.8) is 0 Å². The van der Waals surface area contributed by atoms with Crippen molar-refractivity contribution >= 4 is 18.2 Å². The molecule has 0 saturated carbocycles. The molecule has 0 aliphatic carbocycles. The van der Waals surface area contributed by atoms with Crippen molar-refractivity contribution in [1.29, 1.82) is 0 Å². The first kappa shape index (κ1) is 14.6. The number of nitrogens with two attached hydrogens (primary N) is 1. The summed E-state index contributed by atoms with van der Waals surface area (Å²) in [4.78, 5) is 17.6. The van der Waals surface area contributed by atoms with Crippen LogP contribution in [0.1, 0.15) is 13.8 Å². The molecule has 0 saturated heterocycles. The molecular weight excluding hydrogens is 184 g/mol. The molecule has 5 heteroatoms. The van der Waals surface area contributed by atoms with Gasteiger partial charge in [-0.15, -0.1) is 0 Å². The summed E-state index contributed by atoms with van der Waals surface area (Å²) < 4.78 is 0. The summed E-state index contributed by atoms with van der Waals surface area (Å²) in [5, 5.41) is 10.1. The van der Waals surface area contributed by atoms with Crippen molar-refractivity contribution in [1.82, 2.24) is 0 Å². The number of hydrogen-bond donors (Lipinski definition) is 1. The van der Waals surface area contributed by atoms with Crippen LogP contribution in [0.3, 0.4) is 0 Å². The van der Waals surface area contributed by atoms with Crippen LogP contribution in [0.2, 0.25) is 0 Å². The Hall–Kier alpha value is -1.91. The first-order valence-corrected chi connectivity index (χ1v) is 3.99. The largest absolute Gasteiger partial charge is 0.399 e. The molecule has 0 fully saturated rings. The van der Waals surface area contributed by atoms with Crippen LogP contribution in [-0.4, -0.2) is 11.7 Å². The zero-order valence-electron chi connectivity index (χ0n) is 8.27. The van der Waals surface area contributed by atoms with E-state index in [-0.39, 0.29) is 5.69 Å². The average molecular weight is 198 g/mol. The van der Waals surface area contributed by atoms with Crippen molar-refractivity contribution in [2.24, 2.45) is 0 Å². The average Bonchev–Trinajstić information content (AvgIpc) is 2.24. The molecular formula is C9H14N2O3. The maximum atomic E-state index is 10.1. The lowest BCUT2D eigenvalue weighted by Crippen LogP contribution is -1.89. The maximum Gasteiger partial charge on any atom is 0.271 e. The van der Waals surface area contributed by atoms with Crippen molar-refractivity contribution in [2.75, 3.05) is 5.73 Å². The van der Waals surface area contributed by atoms with Crippen LogP contribution in [0.5, 0.6) is 0 Å². The molecule has 0 unspecified atom stereocenters. The van der Waals surface area contributed by atoms with Gasteiger partial charge in [0.1, 0.15) is 6.79 Å². The molecule has 0 aliphatic rings. The standard InChI is InChI=1S/C6H6N2O2.C2H6.CH2O/c7-5-2-1-3-6(4-5)8(9)10;2*1-2/h1-4H,7H2;1-2H3;1H2. The van der Waals surface area contributed by atoms with Gasteiger partial charge in [-0.1, -0.05) is 19.9 Å². The van der Waals surface area contributed by atoms with E-state index in [0.29, 0.717) is 5.69 Å². The third kappa shape index (κ3) is 5.70. The fourth-order valence-electron chi connectivity index (χ4n) is 0.638. The second-order valence-electron chi connectivity index (χ2n) is 1.85. The Morgan fingerprint density at radius 1 is 1.36 bits per heavy atom. The lowest BCUT2D eigenvalue weighted by molar-refractivity contribution is -0.384. The van der Waals surface area contributed by atoms with E-state index in [1.54, 1.807) is 12.1 Å². The fourth-order valence-corrected chi connectivity index (χ4v) is 0.638. The first-order chi connectivity index (χ1) is 6.70. The molecule has 78 valence electrons. The van der Waals surface area contributed by atoms with Gasteiger partial charge in [0.15, 0.2) is 0 Å². The highest BCUT2D eigenvalue weighted by Crippen LogP contribution is 2.13. The molecule has 0 amide bonds. The predicted molar refractivity (Wildman–Crippen MR) is 56.0 cm³/mol. The quantitative estimate of drug-likeness (QED) is 0.425. The monoisotopic (exact) mass is 198 g/mol. The number of carbonyl (C=O) groups excluding carboxylic acids is 1. The molecule has 0 bridgehead atoms. The van der Waals surface area contributed by atoms with E-state index in [1.807, 2.05) is 20.6 Å². The van der Waals surface area contributed by atoms with Crippen LogP contribution in [0.4, 0.5) is 11.4 Å². The molecule has 1 aromatic carbocycles. The van der Waals surface area contributed by atoms with Crippen LogP contribution in [0.25, 0.3) is 0 Å². The van der Waals surface area contributed by atoms with Gasteiger partial charge in [0, 0.05) is 17.8 Å². The Bertz CT molecular complexity index is 277. The number of carbonyl (C=O) groups is 1. The van der Waals surface area contributed by atoms with Crippen molar-refractivity contribution in [2.45, 2.75) is 13.8 Å². The summed E-state index contributed by atoms with van der Waals surface area (Å²) in [7, 11) is 0. The van der Waals surface area contributed by atoms with E-state index in [0.717, 1.165) is 0 Å². The molecule has 0 heterocycles. The lowest BCUT2D eigenvalue weighted by atomic mass is 10.3. The molecule has 14 heavy (non-hydrogen) atoms. The molecule has 1 aromatic rings. The Morgan fingerprint density at radius 3 is 2.14 bits per heavy atom. The highest BCUT2D eigenvalue weighted by molar-refractivity contribution is 5.46. The van der Waals surface area contributed by atoms with Crippen LogP contribution < -0.4 is 5.73 Å². The Kier molecular flexibility index (Phi) is 9.58. The highest BCUT2D eigenvalue weighted by Gasteiger charge is 2.02. The number of hydrogen-bond acceptors (Lipinski definition) is 4. The van der Waals surface area contributed by atoms with Crippen molar-refractivity contribution in [3.05, 3.63) is 34.4 Å². The second kappa shape index (κ2) is 9.18. The molecule has 0 spiro atoms. The smallest absolute Gasteiger partial charge is 0.271 e. The van der Waals surface area contributed by atoms with E-state index in [1.165, 1.54) is 12.1 Å². The van der Waals surface area contributed by atoms with E-state index in [9.17, 15) is 10.1 Å². The SMILES string of the molecule is C=O.CC.Nc1cccc([N+](=O)[O-])c1. The molecule has 5 nitrogen and oxygen atoms in total. The minimum atomic E-state index is -0.476. The zero-order chi connectivity index (χ0) is 11.6. The third-order valence-electron chi connectivity index (χ3n) is 1.08. The topological polar surface area (TPSA) is 86.2 Å². The number of rotatable bonds is 1. The summed E-state index contributed by atoms with van der Waals surface area (Å²) in [5.74, 6) is 0. The molecule has 0 radical (unpaired) electrons. The van der Waals surface area contributed by atoms with Crippen molar-refractivity contribution < 1.29 is 9.72 Å². The minimum absolute atomic E-state index is 0.0278. The minimum Gasteiger partial charge on any atom is -0.399 e. The van der Waals surface area contributed by atoms with E-state index >= 15 is 0 Å². The number of anilines is 1. The molecule has 0 aromatic heterocycles. The number of nitrogen functional groups attached to an aromatic ring is 1. The number of benzene rings is 1. The number of nitrogens with zero attached hydrogens (tertiary/aromatic N) is 1. The summed E-state index contributed by atoms with van der Waals surface area (Å²) >= 11 is 0. The van der Waals surface area contributed by atoms with E-state index < -0.39 is 4.92 Å². The van der Waals surface area contributed by atoms with Gasteiger partial charge < -0.3 is 10.5 Å². The number of nitro benzene ring substituents is 1. The zero-order valence-corrected chi connectivity index (χ0v) is 8.27.